The monoisotopic (exact) mass is 325 g/mol. The molecule has 1 atom stereocenters. The van der Waals surface area contributed by atoms with E-state index in [0.717, 1.165) is 53.6 Å². The van der Waals surface area contributed by atoms with Crippen LogP contribution < -0.4 is 5.32 Å². The van der Waals surface area contributed by atoms with Crippen molar-refractivity contribution in [2.45, 2.75) is 38.6 Å². The van der Waals surface area contributed by atoms with E-state index < -0.39 is 0 Å². The van der Waals surface area contributed by atoms with Crippen molar-refractivity contribution in [1.82, 2.24) is 5.32 Å². The van der Waals surface area contributed by atoms with Gasteiger partial charge in [0.15, 0.2) is 0 Å². The summed E-state index contributed by atoms with van der Waals surface area (Å²) < 4.78 is 5.41. The molecule has 1 aromatic carbocycles. The predicted molar refractivity (Wildman–Crippen MR) is 89.3 cm³/mol. The van der Waals surface area contributed by atoms with Crippen LogP contribution in [-0.4, -0.2) is 12.6 Å². The molecule has 0 radical (unpaired) electrons. The zero-order valence-corrected chi connectivity index (χ0v) is 13.8. The van der Waals surface area contributed by atoms with Gasteiger partial charge in [-0.1, -0.05) is 30.1 Å². The van der Waals surface area contributed by atoms with E-state index in [0.29, 0.717) is 6.04 Å². The fourth-order valence-corrected chi connectivity index (χ4v) is 2.75. The second kappa shape index (κ2) is 8.47. The molecule has 114 valence electrons. The van der Waals surface area contributed by atoms with Gasteiger partial charge in [-0.05, 0) is 61.7 Å². The minimum atomic E-state index is 0.367. The summed E-state index contributed by atoms with van der Waals surface area (Å²) in [7, 11) is 0. The van der Waals surface area contributed by atoms with Crippen LogP contribution in [0.2, 0.25) is 10.0 Å². The summed E-state index contributed by atoms with van der Waals surface area (Å²) in [4.78, 5) is 0. The molecule has 1 heterocycles. The van der Waals surface area contributed by atoms with Crippen molar-refractivity contribution in [3.63, 3.8) is 0 Å². The summed E-state index contributed by atoms with van der Waals surface area (Å²) in [5, 5.41) is 5.09. The molecule has 0 bridgehead atoms. The Morgan fingerprint density at radius 1 is 1.24 bits per heavy atom. The summed E-state index contributed by atoms with van der Waals surface area (Å²) >= 11 is 12.3. The van der Waals surface area contributed by atoms with Crippen molar-refractivity contribution in [3.05, 3.63) is 58.0 Å². The Bertz CT molecular complexity index is 540. The van der Waals surface area contributed by atoms with Gasteiger partial charge in [-0.2, -0.15) is 0 Å². The second-order valence-corrected chi connectivity index (χ2v) is 6.05. The molecule has 0 saturated heterocycles. The number of aryl methyl sites for hydroxylation is 1. The van der Waals surface area contributed by atoms with Gasteiger partial charge in [-0.3, -0.25) is 0 Å². The van der Waals surface area contributed by atoms with Crippen LogP contribution in [0, 0.1) is 0 Å². The lowest BCUT2D eigenvalue weighted by Gasteiger charge is -2.19. The normalized spacial score (nSPS) is 12.5. The van der Waals surface area contributed by atoms with Crippen molar-refractivity contribution >= 4 is 23.2 Å². The first-order valence-corrected chi connectivity index (χ1v) is 8.14. The van der Waals surface area contributed by atoms with Crippen LogP contribution in [0.3, 0.4) is 0 Å². The van der Waals surface area contributed by atoms with Crippen LogP contribution in [0.1, 0.15) is 31.1 Å². The standard InChI is InChI=1S/C17H21Cl2NO/c1-2-9-20-15(6-7-16-4-3-10-21-16)12-13-11-14(18)5-8-17(13)19/h3-5,8,10-11,15,20H,2,6-7,9,12H2,1H3. The molecule has 2 nitrogen and oxygen atoms in total. The lowest BCUT2D eigenvalue weighted by molar-refractivity contribution is 0.441. The van der Waals surface area contributed by atoms with Crippen LogP contribution in [-0.2, 0) is 12.8 Å². The Kier molecular flexibility index (Phi) is 6.62. The fourth-order valence-electron chi connectivity index (χ4n) is 2.36. The average molecular weight is 326 g/mol. The SMILES string of the molecule is CCCNC(CCc1ccco1)Cc1cc(Cl)ccc1Cl. The van der Waals surface area contributed by atoms with Crippen molar-refractivity contribution in [2.24, 2.45) is 0 Å². The molecule has 0 spiro atoms. The van der Waals surface area contributed by atoms with E-state index in [-0.39, 0.29) is 0 Å². The Hall–Kier alpha value is -0.960. The summed E-state index contributed by atoms with van der Waals surface area (Å²) in [6.45, 7) is 3.17. The Morgan fingerprint density at radius 3 is 2.81 bits per heavy atom. The Labute approximate surface area is 136 Å². The molecule has 4 heteroatoms. The number of benzene rings is 1. The third-order valence-electron chi connectivity index (χ3n) is 3.48. The van der Waals surface area contributed by atoms with Gasteiger partial charge in [0.1, 0.15) is 5.76 Å². The molecule has 0 saturated carbocycles. The second-order valence-electron chi connectivity index (χ2n) is 5.21. The number of furan rings is 1. The summed E-state index contributed by atoms with van der Waals surface area (Å²) in [5.41, 5.74) is 1.09. The van der Waals surface area contributed by atoms with Gasteiger partial charge in [-0.15, -0.1) is 0 Å². The number of halogens is 2. The van der Waals surface area contributed by atoms with Gasteiger partial charge < -0.3 is 9.73 Å². The highest BCUT2D eigenvalue weighted by Crippen LogP contribution is 2.23. The minimum Gasteiger partial charge on any atom is -0.469 e. The highest BCUT2D eigenvalue weighted by Gasteiger charge is 2.12. The lowest BCUT2D eigenvalue weighted by atomic mass is 10.0. The van der Waals surface area contributed by atoms with Gasteiger partial charge in [0.25, 0.3) is 0 Å². The predicted octanol–water partition coefficient (Wildman–Crippen LogP) is 5.13. The van der Waals surface area contributed by atoms with E-state index in [1.165, 1.54) is 0 Å². The van der Waals surface area contributed by atoms with Crippen LogP contribution >= 0.6 is 23.2 Å². The van der Waals surface area contributed by atoms with Crippen LogP contribution in [0.4, 0.5) is 0 Å². The van der Waals surface area contributed by atoms with Crippen molar-refractivity contribution in [3.8, 4) is 0 Å². The molecular formula is C17H21Cl2NO. The number of hydrogen-bond donors (Lipinski definition) is 1. The van der Waals surface area contributed by atoms with E-state index in [9.17, 15) is 0 Å². The first kappa shape index (κ1) is 16.4. The van der Waals surface area contributed by atoms with E-state index in [4.69, 9.17) is 27.6 Å². The highest BCUT2D eigenvalue weighted by molar-refractivity contribution is 6.33. The largest absolute Gasteiger partial charge is 0.469 e. The third kappa shape index (κ3) is 5.39. The number of rotatable bonds is 8. The molecule has 1 N–H and O–H groups in total. The molecule has 1 unspecified atom stereocenters. The summed E-state index contributed by atoms with van der Waals surface area (Å²) in [5.74, 6) is 1.02. The smallest absolute Gasteiger partial charge is 0.103 e. The van der Waals surface area contributed by atoms with Gasteiger partial charge in [0.2, 0.25) is 0 Å². The quantitative estimate of drug-likeness (QED) is 0.727. The Balaban J connectivity index is 1.99. The summed E-state index contributed by atoms with van der Waals surface area (Å²) in [6.07, 6.45) is 5.64. The first-order chi connectivity index (χ1) is 10.2. The fraction of sp³-hybridized carbons (Fsp3) is 0.412. The Morgan fingerprint density at radius 2 is 2.10 bits per heavy atom. The van der Waals surface area contributed by atoms with Crippen LogP contribution in [0.15, 0.2) is 41.0 Å². The molecule has 2 aromatic rings. The van der Waals surface area contributed by atoms with Crippen LogP contribution in [0.25, 0.3) is 0 Å². The maximum Gasteiger partial charge on any atom is 0.103 e. The van der Waals surface area contributed by atoms with Gasteiger partial charge in [0.05, 0.1) is 6.26 Å². The maximum absolute atomic E-state index is 6.27. The molecule has 0 fully saturated rings. The molecule has 0 aliphatic rings. The van der Waals surface area contributed by atoms with Crippen LogP contribution in [0.5, 0.6) is 0 Å². The van der Waals surface area contributed by atoms with E-state index in [1.54, 1.807) is 6.26 Å². The maximum atomic E-state index is 6.27. The van der Waals surface area contributed by atoms with E-state index in [2.05, 4.69) is 12.2 Å². The van der Waals surface area contributed by atoms with Gasteiger partial charge in [-0.25, -0.2) is 0 Å². The minimum absolute atomic E-state index is 0.367. The number of nitrogens with one attached hydrogen (secondary N) is 1. The van der Waals surface area contributed by atoms with Crippen molar-refractivity contribution < 1.29 is 4.42 Å². The molecule has 21 heavy (non-hydrogen) atoms. The van der Waals surface area contributed by atoms with E-state index in [1.807, 2.05) is 30.3 Å². The molecule has 1 aromatic heterocycles. The zero-order valence-electron chi connectivity index (χ0n) is 12.2. The zero-order chi connectivity index (χ0) is 15.1. The number of hydrogen-bond acceptors (Lipinski definition) is 2. The van der Waals surface area contributed by atoms with Crippen molar-refractivity contribution in [2.75, 3.05) is 6.54 Å². The van der Waals surface area contributed by atoms with Gasteiger partial charge in [0, 0.05) is 22.5 Å². The average Bonchev–Trinajstić information content (AvgIpc) is 2.99. The molecule has 2 rings (SSSR count). The molecule has 0 amide bonds. The lowest BCUT2D eigenvalue weighted by Crippen LogP contribution is -2.32. The third-order valence-corrected chi connectivity index (χ3v) is 4.08. The van der Waals surface area contributed by atoms with Gasteiger partial charge >= 0.3 is 0 Å². The van der Waals surface area contributed by atoms with Crippen molar-refractivity contribution in [1.29, 1.82) is 0 Å². The molecule has 0 aliphatic carbocycles. The molecule has 0 aliphatic heterocycles. The summed E-state index contributed by atoms with van der Waals surface area (Å²) in [6, 6.07) is 9.96. The highest BCUT2D eigenvalue weighted by atomic mass is 35.5. The van der Waals surface area contributed by atoms with E-state index >= 15 is 0 Å². The topological polar surface area (TPSA) is 25.2 Å². The first-order valence-electron chi connectivity index (χ1n) is 7.38. The molecular weight excluding hydrogens is 305 g/mol.